The molecule has 0 aromatic heterocycles. The van der Waals surface area contributed by atoms with Gasteiger partial charge in [-0.15, -0.1) is 0 Å². The van der Waals surface area contributed by atoms with Crippen LogP contribution in [0.1, 0.15) is 20.3 Å². The molecule has 0 aromatic carbocycles. The minimum absolute atomic E-state index is 0.373. The third-order valence-corrected chi connectivity index (χ3v) is 2.15. The van der Waals surface area contributed by atoms with Crippen molar-refractivity contribution in [2.75, 3.05) is 7.11 Å². The molecule has 0 aliphatic rings. The zero-order valence-corrected chi connectivity index (χ0v) is 7.90. The Morgan fingerprint density at radius 2 is 2.00 bits per heavy atom. The lowest BCUT2D eigenvalue weighted by Gasteiger charge is -2.25. The number of carbonyl (C=O) groups is 2. The smallest absolute Gasteiger partial charge is 0.350 e. The van der Waals surface area contributed by atoms with Gasteiger partial charge < -0.3 is 14.9 Å². The summed E-state index contributed by atoms with van der Waals surface area (Å²) >= 11 is 0. The van der Waals surface area contributed by atoms with E-state index in [1.54, 1.807) is 6.92 Å². The third kappa shape index (κ3) is 1.98. The van der Waals surface area contributed by atoms with Crippen LogP contribution >= 0.6 is 0 Å². The van der Waals surface area contributed by atoms with E-state index >= 15 is 0 Å². The molecule has 0 bridgehead atoms. The molecule has 13 heavy (non-hydrogen) atoms. The van der Waals surface area contributed by atoms with Crippen molar-refractivity contribution >= 4 is 11.9 Å². The molecule has 76 valence electrons. The number of rotatable bonds is 4. The quantitative estimate of drug-likeness (QED) is 0.482. The van der Waals surface area contributed by atoms with Crippen LogP contribution in [0, 0.1) is 5.92 Å². The van der Waals surface area contributed by atoms with E-state index in [2.05, 4.69) is 4.74 Å². The predicted octanol–water partition coefficient (Wildman–Crippen LogP) is 0.0212. The number of carbonyl (C=O) groups excluding carboxylic acids is 1. The normalized spacial score (nSPS) is 17.2. The van der Waals surface area contributed by atoms with E-state index in [1.165, 1.54) is 6.92 Å². The minimum Gasteiger partial charge on any atom is -0.479 e. The molecule has 0 amide bonds. The summed E-state index contributed by atoms with van der Waals surface area (Å²) in [5.41, 5.74) is -2.43. The van der Waals surface area contributed by atoms with Crippen LogP contribution in [0.25, 0.3) is 0 Å². The van der Waals surface area contributed by atoms with Crippen LogP contribution < -0.4 is 0 Å². The average molecular weight is 190 g/mol. The summed E-state index contributed by atoms with van der Waals surface area (Å²) in [6, 6.07) is 0. The summed E-state index contributed by atoms with van der Waals surface area (Å²) in [6.07, 6.45) is 0.373. The molecule has 2 N–H and O–H groups in total. The monoisotopic (exact) mass is 190 g/mol. The van der Waals surface area contributed by atoms with Crippen molar-refractivity contribution < 1.29 is 24.5 Å². The summed E-state index contributed by atoms with van der Waals surface area (Å²) < 4.78 is 4.23. The lowest BCUT2D eigenvalue weighted by atomic mass is 9.87. The van der Waals surface area contributed by atoms with Crippen molar-refractivity contribution in [3.8, 4) is 0 Å². The van der Waals surface area contributed by atoms with Gasteiger partial charge in [0.25, 0.3) is 5.60 Å². The lowest BCUT2D eigenvalue weighted by Crippen LogP contribution is -2.52. The molecule has 0 saturated heterocycles. The molecule has 0 spiro atoms. The van der Waals surface area contributed by atoms with E-state index in [0.29, 0.717) is 6.42 Å². The van der Waals surface area contributed by atoms with Crippen molar-refractivity contribution in [1.82, 2.24) is 0 Å². The Kier molecular flexibility index (Phi) is 3.87. The number of hydrogen-bond acceptors (Lipinski definition) is 4. The van der Waals surface area contributed by atoms with Crippen molar-refractivity contribution in [1.29, 1.82) is 0 Å². The van der Waals surface area contributed by atoms with E-state index < -0.39 is 23.5 Å². The van der Waals surface area contributed by atoms with Crippen molar-refractivity contribution in [3.63, 3.8) is 0 Å². The summed E-state index contributed by atoms with van der Waals surface area (Å²) in [6.45, 7) is 3.16. The second kappa shape index (κ2) is 4.23. The molecule has 0 heterocycles. The maximum absolute atomic E-state index is 11.0. The van der Waals surface area contributed by atoms with Crippen LogP contribution in [0.3, 0.4) is 0 Å². The maximum atomic E-state index is 11.0. The molecule has 0 radical (unpaired) electrons. The number of methoxy groups -OCH3 is 1. The minimum atomic E-state index is -2.43. The highest BCUT2D eigenvalue weighted by Crippen LogP contribution is 2.22. The fourth-order valence-electron chi connectivity index (χ4n) is 0.950. The molecule has 0 aromatic rings. The Hall–Kier alpha value is -1.10. The van der Waals surface area contributed by atoms with Gasteiger partial charge in [0.05, 0.1) is 7.11 Å². The van der Waals surface area contributed by atoms with Gasteiger partial charge in [-0.25, -0.2) is 9.59 Å². The van der Waals surface area contributed by atoms with Gasteiger partial charge in [-0.3, -0.25) is 0 Å². The SMILES string of the molecule is CCC(C)C(O)(C(=O)O)C(=O)OC. The van der Waals surface area contributed by atoms with Gasteiger partial charge >= 0.3 is 11.9 Å². The van der Waals surface area contributed by atoms with E-state index in [-0.39, 0.29) is 0 Å². The van der Waals surface area contributed by atoms with Crippen LogP contribution in [0.4, 0.5) is 0 Å². The first-order valence-electron chi connectivity index (χ1n) is 3.95. The summed E-state index contributed by atoms with van der Waals surface area (Å²) in [7, 11) is 1.04. The van der Waals surface area contributed by atoms with Crippen LogP contribution in [0.2, 0.25) is 0 Å². The Morgan fingerprint density at radius 3 is 2.23 bits per heavy atom. The number of ether oxygens (including phenoxy) is 1. The Morgan fingerprint density at radius 1 is 1.54 bits per heavy atom. The van der Waals surface area contributed by atoms with Gasteiger partial charge in [0.15, 0.2) is 0 Å². The van der Waals surface area contributed by atoms with Crippen molar-refractivity contribution in [3.05, 3.63) is 0 Å². The molecule has 2 atom stereocenters. The van der Waals surface area contributed by atoms with Crippen LogP contribution in [-0.4, -0.2) is 34.9 Å². The highest BCUT2D eigenvalue weighted by atomic mass is 16.5. The first-order chi connectivity index (χ1) is 5.91. The van der Waals surface area contributed by atoms with E-state index in [0.717, 1.165) is 7.11 Å². The van der Waals surface area contributed by atoms with Crippen LogP contribution in [-0.2, 0) is 14.3 Å². The zero-order valence-electron chi connectivity index (χ0n) is 7.90. The second-order valence-electron chi connectivity index (χ2n) is 2.87. The highest BCUT2D eigenvalue weighted by molar-refractivity contribution is 6.02. The standard InChI is InChI=1S/C8H14O5/c1-4-5(2)8(12,6(9)10)7(11)13-3/h5,12H,4H2,1-3H3,(H,9,10). The van der Waals surface area contributed by atoms with Crippen molar-refractivity contribution in [2.24, 2.45) is 5.92 Å². The molecule has 5 nitrogen and oxygen atoms in total. The third-order valence-electron chi connectivity index (χ3n) is 2.15. The number of aliphatic hydroxyl groups is 1. The number of carboxylic acid groups (broad SMARTS) is 1. The highest BCUT2D eigenvalue weighted by Gasteiger charge is 2.49. The summed E-state index contributed by atoms with van der Waals surface area (Å²) in [4.78, 5) is 21.7. The Balaban J connectivity index is 4.94. The zero-order chi connectivity index (χ0) is 10.6. The summed E-state index contributed by atoms with van der Waals surface area (Å²) in [5.74, 6) is -3.39. The molecule has 2 unspecified atom stereocenters. The van der Waals surface area contributed by atoms with E-state index in [1.807, 2.05) is 0 Å². The van der Waals surface area contributed by atoms with E-state index in [4.69, 9.17) is 5.11 Å². The van der Waals surface area contributed by atoms with Gasteiger partial charge in [0, 0.05) is 5.92 Å². The molecule has 0 fully saturated rings. The Bertz CT molecular complexity index is 213. The lowest BCUT2D eigenvalue weighted by molar-refractivity contribution is -0.184. The number of carboxylic acids is 1. The topological polar surface area (TPSA) is 83.8 Å². The molecule has 0 rings (SSSR count). The van der Waals surface area contributed by atoms with Gasteiger partial charge in [-0.1, -0.05) is 13.8 Å². The average Bonchev–Trinajstić information content (AvgIpc) is 2.13. The van der Waals surface area contributed by atoms with Crippen LogP contribution in [0.5, 0.6) is 0 Å². The van der Waals surface area contributed by atoms with Gasteiger partial charge in [0.1, 0.15) is 0 Å². The molecule has 0 aliphatic heterocycles. The van der Waals surface area contributed by atoms with Gasteiger partial charge in [-0.05, 0) is 6.42 Å². The number of hydrogen-bond donors (Lipinski definition) is 2. The fraction of sp³-hybridized carbons (Fsp3) is 0.750. The molecular formula is C8H14O5. The molecule has 0 aliphatic carbocycles. The summed E-state index contributed by atoms with van der Waals surface area (Å²) in [5, 5.41) is 18.2. The second-order valence-corrected chi connectivity index (χ2v) is 2.87. The largest absolute Gasteiger partial charge is 0.479 e. The first kappa shape index (κ1) is 11.9. The van der Waals surface area contributed by atoms with Crippen molar-refractivity contribution in [2.45, 2.75) is 25.9 Å². The number of aliphatic carboxylic acids is 1. The van der Waals surface area contributed by atoms with E-state index in [9.17, 15) is 14.7 Å². The molecule has 0 saturated carbocycles. The predicted molar refractivity (Wildman–Crippen MR) is 44.1 cm³/mol. The molecular weight excluding hydrogens is 176 g/mol. The number of esters is 1. The Labute approximate surface area is 76.3 Å². The molecule has 5 heteroatoms. The van der Waals surface area contributed by atoms with Crippen LogP contribution in [0.15, 0.2) is 0 Å². The maximum Gasteiger partial charge on any atom is 0.350 e. The fourth-order valence-corrected chi connectivity index (χ4v) is 0.950. The first-order valence-corrected chi connectivity index (χ1v) is 3.95. The van der Waals surface area contributed by atoms with Gasteiger partial charge in [-0.2, -0.15) is 0 Å². The van der Waals surface area contributed by atoms with Gasteiger partial charge in [0.2, 0.25) is 0 Å².